The number of ether oxygens (including phenoxy) is 2. The smallest absolute Gasteiger partial charge is 0.462 e. The van der Waals surface area contributed by atoms with Crippen molar-refractivity contribution in [3.05, 3.63) is 109 Å². The molecule has 0 rings (SSSR count). The van der Waals surface area contributed by atoms with Crippen LogP contribution in [-0.4, -0.2) is 49.3 Å². The molecule has 9 nitrogen and oxygen atoms in total. The molecule has 454 valence electrons. The number of allylic oxidation sites excluding steroid dienone is 18. The highest BCUT2D eigenvalue weighted by Gasteiger charge is 2.26. The van der Waals surface area contributed by atoms with E-state index < -0.39 is 26.5 Å². The predicted octanol–water partition coefficient (Wildman–Crippen LogP) is 21.0. The molecule has 0 saturated carbocycles. The molecule has 0 aliphatic rings. The molecule has 2 unspecified atom stereocenters. The van der Waals surface area contributed by atoms with Gasteiger partial charge in [0.2, 0.25) is 0 Å². The van der Waals surface area contributed by atoms with Gasteiger partial charge < -0.3 is 20.1 Å². The molecule has 0 aliphatic heterocycles. The maximum Gasteiger partial charge on any atom is 0.472 e. The summed E-state index contributed by atoms with van der Waals surface area (Å²) >= 11 is 0. The van der Waals surface area contributed by atoms with E-state index >= 15 is 0 Å². The van der Waals surface area contributed by atoms with Gasteiger partial charge in [-0.2, -0.15) is 0 Å². The third-order valence-corrected chi connectivity index (χ3v) is 14.6. The molecule has 0 heterocycles. The van der Waals surface area contributed by atoms with Crippen LogP contribution in [0.1, 0.15) is 284 Å². The second kappa shape index (κ2) is 63.8. The zero-order valence-corrected chi connectivity index (χ0v) is 51.7. The maximum atomic E-state index is 12.7. The summed E-state index contributed by atoms with van der Waals surface area (Å²) in [6.07, 6.45) is 87.3. The van der Waals surface area contributed by atoms with Crippen molar-refractivity contribution in [2.24, 2.45) is 5.73 Å². The number of unbranched alkanes of at least 4 members (excludes halogenated alkanes) is 29. The number of esters is 2. The Kier molecular flexibility index (Phi) is 61.2. The predicted molar refractivity (Wildman–Crippen MR) is 339 cm³/mol. The first kappa shape index (κ1) is 75.7. The average molecular weight is 1120 g/mol. The second-order valence-corrected chi connectivity index (χ2v) is 22.7. The van der Waals surface area contributed by atoms with Gasteiger partial charge in [0.25, 0.3) is 0 Å². The van der Waals surface area contributed by atoms with Crippen LogP contribution in [0.15, 0.2) is 109 Å². The van der Waals surface area contributed by atoms with E-state index in [0.29, 0.717) is 6.42 Å². The van der Waals surface area contributed by atoms with Gasteiger partial charge in [-0.25, -0.2) is 4.57 Å². The molecule has 0 amide bonds. The van der Waals surface area contributed by atoms with Gasteiger partial charge in [0.05, 0.1) is 13.2 Å². The number of carbonyl (C=O) groups is 2. The Labute approximate surface area is 486 Å². The van der Waals surface area contributed by atoms with Crippen molar-refractivity contribution in [2.75, 3.05) is 26.4 Å². The molecule has 0 aliphatic carbocycles. The number of phosphoric acid groups is 1. The van der Waals surface area contributed by atoms with Gasteiger partial charge in [-0.1, -0.05) is 277 Å². The third kappa shape index (κ3) is 63.7. The summed E-state index contributed by atoms with van der Waals surface area (Å²) in [5.41, 5.74) is 5.39. The van der Waals surface area contributed by atoms with Crippen LogP contribution in [0.2, 0.25) is 0 Å². The monoisotopic (exact) mass is 1120 g/mol. The molecule has 0 radical (unpaired) electrons. The summed E-state index contributed by atoms with van der Waals surface area (Å²) in [7, 11) is -4.40. The summed E-state index contributed by atoms with van der Waals surface area (Å²) in [5.74, 6) is -0.838. The molecule has 0 aromatic carbocycles. The average Bonchev–Trinajstić information content (AvgIpc) is 3.44. The van der Waals surface area contributed by atoms with E-state index in [9.17, 15) is 19.0 Å². The van der Waals surface area contributed by atoms with Crippen LogP contribution in [0.25, 0.3) is 0 Å². The van der Waals surface area contributed by atoms with Crippen LogP contribution in [0, 0.1) is 0 Å². The summed E-state index contributed by atoms with van der Waals surface area (Å²) in [4.78, 5) is 35.3. The van der Waals surface area contributed by atoms with Gasteiger partial charge in [0.1, 0.15) is 6.61 Å². The molecule has 3 N–H and O–H groups in total. The zero-order chi connectivity index (χ0) is 57.3. The molecule has 79 heavy (non-hydrogen) atoms. The van der Waals surface area contributed by atoms with Crippen molar-refractivity contribution in [2.45, 2.75) is 290 Å². The van der Waals surface area contributed by atoms with E-state index in [4.69, 9.17) is 24.3 Å². The first-order valence-electron chi connectivity index (χ1n) is 32.4. The van der Waals surface area contributed by atoms with Crippen LogP contribution < -0.4 is 5.73 Å². The van der Waals surface area contributed by atoms with E-state index in [0.717, 1.165) is 96.3 Å². The van der Waals surface area contributed by atoms with Crippen molar-refractivity contribution >= 4 is 19.8 Å². The highest BCUT2D eigenvalue weighted by molar-refractivity contribution is 7.47. The fraction of sp³-hybridized carbons (Fsp3) is 0.710. The third-order valence-electron chi connectivity index (χ3n) is 13.6. The van der Waals surface area contributed by atoms with Gasteiger partial charge in [-0.05, 0) is 103 Å². The lowest BCUT2D eigenvalue weighted by atomic mass is 10.0. The lowest BCUT2D eigenvalue weighted by molar-refractivity contribution is -0.161. The summed E-state index contributed by atoms with van der Waals surface area (Å²) < 4.78 is 33.1. The molecule has 0 spiro atoms. The summed E-state index contributed by atoms with van der Waals surface area (Å²) in [6, 6.07) is 0. The molecular formula is C69H120NO8P. The SMILES string of the molecule is CC/C=C\C/C=C\C/C=C\C/C=C\C/C=C\C/C=C\C/C=C\CCCCCCCCCC(=O)OC(COC(=O)CCCCCCCCCCCCCCCCCCC/C=C\C/C=C\CCCCCCC)COP(=O)(O)OCCN. The largest absolute Gasteiger partial charge is 0.472 e. The van der Waals surface area contributed by atoms with Crippen molar-refractivity contribution in [1.29, 1.82) is 0 Å². The van der Waals surface area contributed by atoms with Crippen molar-refractivity contribution in [3.63, 3.8) is 0 Å². The molecule has 0 aromatic rings. The highest BCUT2D eigenvalue weighted by Crippen LogP contribution is 2.43. The standard InChI is InChI=1S/C69H120NO8P/c1-3-5-7-9-11-13-15-17-19-21-23-25-27-29-31-33-35-37-39-41-43-45-47-49-51-53-55-57-59-61-68(71)75-65-67(66-77-79(73,74)76-64-63-70)78-69(72)62-60-58-56-54-52-50-48-46-44-42-40-38-36-34-32-30-28-26-24-22-20-18-16-14-12-10-8-6-4-2/h6,8,12,14-15,17-18,20-21,23-24,26,30,32,36,38,42,44,67H,3-5,7,9-11,13,16,19,22,25,27-29,31,33-35,37,39-41,43,45-66,70H2,1-2H3,(H,73,74)/b8-6-,14-12-,17-15-,20-18-,23-21-,26-24-,32-30-,38-36-,44-42-. The first-order valence-corrected chi connectivity index (χ1v) is 33.9. The van der Waals surface area contributed by atoms with Crippen molar-refractivity contribution in [1.82, 2.24) is 0 Å². The number of nitrogens with two attached hydrogens (primary N) is 1. The Morgan fingerprint density at radius 3 is 1.04 bits per heavy atom. The molecular weight excluding hydrogens is 1000 g/mol. The molecule has 0 fully saturated rings. The quantitative estimate of drug-likeness (QED) is 0.0264. The number of phosphoric ester groups is 1. The number of carbonyl (C=O) groups excluding carboxylic acids is 2. The van der Waals surface area contributed by atoms with Gasteiger partial charge in [-0.3, -0.25) is 18.6 Å². The van der Waals surface area contributed by atoms with Crippen LogP contribution >= 0.6 is 7.82 Å². The molecule has 0 aromatic heterocycles. The number of hydrogen-bond donors (Lipinski definition) is 2. The zero-order valence-electron chi connectivity index (χ0n) is 50.8. The molecule has 10 heteroatoms. The minimum absolute atomic E-state index is 0.0469. The summed E-state index contributed by atoms with van der Waals surface area (Å²) in [6.45, 7) is 3.62. The van der Waals surface area contributed by atoms with Crippen molar-refractivity contribution < 1.29 is 37.6 Å². The topological polar surface area (TPSA) is 134 Å². The number of hydrogen-bond acceptors (Lipinski definition) is 8. The molecule has 0 saturated heterocycles. The van der Waals surface area contributed by atoms with E-state index in [1.807, 2.05) is 0 Å². The Morgan fingerprint density at radius 2 is 0.696 bits per heavy atom. The highest BCUT2D eigenvalue weighted by atomic mass is 31.2. The van der Waals surface area contributed by atoms with Gasteiger partial charge >= 0.3 is 19.8 Å². The second-order valence-electron chi connectivity index (χ2n) is 21.2. The molecule has 2 atom stereocenters. The van der Waals surface area contributed by atoms with Gasteiger partial charge in [-0.15, -0.1) is 0 Å². The van der Waals surface area contributed by atoms with Crippen LogP contribution in [0.4, 0.5) is 0 Å². The Hall–Kier alpha value is -3.33. The summed E-state index contributed by atoms with van der Waals surface area (Å²) in [5, 5.41) is 0. The van der Waals surface area contributed by atoms with E-state index in [1.54, 1.807) is 0 Å². The van der Waals surface area contributed by atoms with Gasteiger partial charge in [0, 0.05) is 19.4 Å². The maximum absolute atomic E-state index is 12.7. The minimum Gasteiger partial charge on any atom is -0.462 e. The number of rotatable bonds is 60. The normalized spacial score (nSPS) is 13.7. The molecule has 0 bridgehead atoms. The minimum atomic E-state index is -4.40. The van der Waals surface area contributed by atoms with Crippen LogP contribution in [-0.2, 0) is 32.7 Å². The first-order chi connectivity index (χ1) is 38.8. The van der Waals surface area contributed by atoms with E-state index in [-0.39, 0.29) is 38.6 Å². The Morgan fingerprint density at radius 1 is 0.392 bits per heavy atom. The lowest BCUT2D eigenvalue weighted by Gasteiger charge is -2.19. The van der Waals surface area contributed by atoms with E-state index in [2.05, 4.69) is 123 Å². The van der Waals surface area contributed by atoms with E-state index in [1.165, 1.54) is 154 Å². The fourth-order valence-corrected chi connectivity index (χ4v) is 9.65. The van der Waals surface area contributed by atoms with Crippen LogP contribution in [0.5, 0.6) is 0 Å². The Balaban J connectivity index is 3.97. The van der Waals surface area contributed by atoms with Crippen molar-refractivity contribution in [3.8, 4) is 0 Å². The van der Waals surface area contributed by atoms with Crippen LogP contribution in [0.3, 0.4) is 0 Å². The Bertz CT molecular complexity index is 1660. The lowest BCUT2D eigenvalue weighted by Crippen LogP contribution is -2.29. The van der Waals surface area contributed by atoms with Gasteiger partial charge in [0.15, 0.2) is 6.10 Å². The fourth-order valence-electron chi connectivity index (χ4n) is 8.88.